The summed E-state index contributed by atoms with van der Waals surface area (Å²) in [7, 11) is 1.54. The topological polar surface area (TPSA) is 58.6 Å². The minimum Gasteiger partial charge on any atom is -0.482 e. The van der Waals surface area contributed by atoms with Crippen LogP contribution < -0.4 is 10.1 Å². The van der Waals surface area contributed by atoms with Gasteiger partial charge in [-0.3, -0.25) is 9.59 Å². The lowest BCUT2D eigenvalue weighted by atomic mass is 10.1. The molecule has 0 saturated carbocycles. The summed E-state index contributed by atoms with van der Waals surface area (Å²) in [5.41, 5.74) is 2.05. The van der Waals surface area contributed by atoms with Gasteiger partial charge in [0.25, 0.3) is 5.91 Å². The molecule has 1 N–H and O–H groups in total. The Morgan fingerprint density at radius 1 is 1.15 bits per heavy atom. The monoisotopic (exact) mass is 408 g/mol. The van der Waals surface area contributed by atoms with Crippen LogP contribution in [0.4, 0.5) is 0 Å². The average molecular weight is 409 g/mol. The number of benzene rings is 2. The van der Waals surface area contributed by atoms with Crippen molar-refractivity contribution in [2.75, 3.05) is 13.7 Å². The van der Waals surface area contributed by atoms with Gasteiger partial charge in [0.2, 0.25) is 5.91 Å². The third kappa shape index (κ3) is 5.88. The van der Waals surface area contributed by atoms with Crippen molar-refractivity contribution >= 4 is 35.0 Å². The van der Waals surface area contributed by atoms with Gasteiger partial charge >= 0.3 is 0 Å². The SMILES string of the molecule is CNC(=O)[C@H](C)N(Cc1ccc(C)cc1)C(=O)COc1ccc(Cl)cc1Cl. The number of hydrogen-bond donors (Lipinski definition) is 1. The van der Waals surface area contributed by atoms with Gasteiger partial charge in [-0.1, -0.05) is 53.0 Å². The van der Waals surface area contributed by atoms with E-state index in [4.69, 9.17) is 27.9 Å². The van der Waals surface area contributed by atoms with Crippen molar-refractivity contribution in [3.05, 3.63) is 63.6 Å². The van der Waals surface area contributed by atoms with E-state index < -0.39 is 6.04 Å². The zero-order valence-electron chi connectivity index (χ0n) is 15.5. The molecule has 144 valence electrons. The van der Waals surface area contributed by atoms with Crippen LogP contribution in [0.5, 0.6) is 5.75 Å². The number of rotatable bonds is 7. The number of hydrogen-bond acceptors (Lipinski definition) is 3. The Labute approximate surface area is 169 Å². The molecule has 0 heterocycles. The van der Waals surface area contributed by atoms with Gasteiger partial charge < -0.3 is 15.0 Å². The van der Waals surface area contributed by atoms with Crippen molar-refractivity contribution < 1.29 is 14.3 Å². The first-order valence-electron chi connectivity index (χ1n) is 8.46. The van der Waals surface area contributed by atoms with Gasteiger partial charge in [-0.05, 0) is 37.6 Å². The number of ether oxygens (including phenoxy) is 1. The molecule has 2 amide bonds. The molecule has 7 heteroatoms. The molecule has 0 aliphatic heterocycles. The Morgan fingerprint density at radius 2 is 1.81 bits per heavy atom. The summed E-state index contributed by atoms with van der Waals surface area (Å²) in [4.78, 5) is 26.3. The number of amides is 2. The van der Waals surface area contributed by atoms with Crippen LogP contribution in [0.2, 0.25) is 10.0 Å². The highest BCUT2D eigenvalue weighted by Gasteiger charge is 2.26. The van der Waals surface area contributed by atoms with Crippen LogP contribution >= 0.6 is 23.2 Å². The quantitative estimate of drug-likeness (QED) is 0.756. The lowest BCUT2D eigenvalue weighted by Gasteiger charge is -2.28. The standard InChI is InChI=1S/C20H22Cl2N2O3/c1-13-4-6-15(7-5-13)11-24(14(2)20(26)23-3)19(25)12-27-18-9-8-16(21)10-17(18)22/h4-10,14H,11-12H2,1-3H3,(H,23,26)/t14-/m0/s1. The van der Waals surface area contributed by atoms with Crippen LogP contribution in [0.1, 0.15) is 18.1 Å². The maximum atomic E-state index is 12.8. The fraction of sp³-hybridized carbons (Fsp3) is 0.300. The predicted molar refractivity (Wildman–Crippen MR) is 107 cm³/mol. The van der Waals surface area contributed by atoms with Crippen LogP contribution in [0.25, 0.3) is 0 Å². The lowest BCUT2D eigenvalue weighted by Crippen LogP contribution is -2.48. The third-order valence-corrected chi connectivity index (χ3v) is 4.66. The first-order valence-corrected chi connectivity index (χ1v) is 9.22. The van der Waals surface area contributed by atoms with Gasteiger partial charge in [0, 0.05) is 18.6 Å². The second-order valence-electron chi connectivity index (χ2n) is 6.16. The minimum atomic E-state index is -0.645. The van der Waals surface area contributed by atoms with Crippen molar-refractivity contribution in [2.24, 2.45) is 0 Å². The largest absolute Gasteiger partial charge is 0.482 e. The molecule has 0 unspecified atom stereocenters. The van der Waals surface area contributed by atoms with E-state index in [2.05, 4.69) is 5.32 Å². The van der Waals surface area contributed by atoms with Crippen molar-refractivity contribution in [1.82, 2.24) is 10.2 Å². The van der Waals surface area contributed by atoms with E-state index in [1.807, 2.05) is 31.2 Å². The van der Waals surface area contributed by atoms with E-state index in [0.29, 0.717) is 22.3 Å². The maximum absolute atomic E-state index is 12.8. The number of aryl methyl sites for hydroxylation is 1. The number of nitrogens with one attached hydrogen (secondary N) is 1. The second kappa shape index (κ2) is 9.62. The molecule has 0 aliphatic carbocycles. The lowest BCUT2D eigenvalue weighted by molar-refractivity contribution is -0.142. The van der Waals surface area contributed by atoms with Gasteiger partial charge in [0.1, 0.15) is 11.8 Å². The molecule has 1 atom stereocenters. The normalized spacial score (nSPS) is 11.6. The highest BCUT2D eigenvalue weighted by Crippen LogP contribution is 2.27. The van der Waals surface area contributed by atoms with E-state index >= 15 is 0 Å². The molecule has 0 radical (unpaired) electrons. The summed E-state index contributed by atoms with van der Waals surface area (Å²) in [5, 5.41) is 3.37. The Kier molecular flexibility index (Phi) is 7.51. The first-order chi connectivity index (χ1) is 12.8. The molecule has 0 aromatic heterocycles. The average Bonchev–Trinajstić information content (AvgIpc) is 2.65. The summed E-state index contributed by atoms with van der Waals surface area (Å²) >= 11 is 11.9. The van der Waals surface area contributed by atoms with Crippen molar-refractivity contribution in [1.29, 1.82) is 0 Å². The number of carbonyl (C=O) groups excluding carboxylic acids is 2. The Balaban J connectivity index is 2.14. The number of nitrogens with zero attached hydrogens (tertiary/aromatic N) is 1. The van der Waals surface area contributed by atoms with E-state index in [0.717, 1.165) is 11.1 Å². The fourth-order valence-electron chi connectivity index (χ4n) is 2.50. The van der Waals surface area contributed by atoms with Gasteiger partial charge in [-0.15, -0.1) is 0 Å². The van der Waals surface area contributed by atoms with Gasteiger partial charge in [-0.25, -0.2) is 0 Å². The number of halogens is 2. The highest BCUT2D eigenvalue weighted by atomic mass is 35.5. The summed E-state index contributed by atoms with van der Waals surface area (Å²) in [6.07, 6.45) is 0. The molecule has 27 heavy (non-hydrogen) atoms. The van der Waals surface area contributed by atoms with Crippen LogP contribution in [0.3, 0.4) is 0 Å². The molecule has 0 fully saturated rings. The van der Waals surface area contributed by atoms with Crippen molar-refractivity contribution in [3.63, 3.8) is 0 Å². The van der Waals surface area contributed by atoms with E-state index in [1.54, 1.807) is 25.1 Å². The van der Waals surface area contributed by atoms with Crippen LogP contribution in [-0.4, -0.2) is 36.4 Å². The maximum Gasteiger partial charge on any atom is 0.261 e. The van der Waals surface area contributed by atoms with E-state index in [9.17, 15) is 9.59 Å². The molecule has 0 aliphatic rings. The van der Waals surface area contributed by atoms with E-state index in [1.165, 1.54) is 11.9 Å². The van der Waals surface area contributed by atoms with Crippen LogP contribution in [-0.2, 0) is 16.1 Å². The molecular weight excluding hydrogens is 387 g/mol. The highest BCUT2D eigenvalue weighted by molar-refractivity contribution is 6.35. The molecule has 0 saturated heterocycles. The minimum absolute atomic E-state index is 0.242. The molecule has 0 spiro atoms. The first kappa shape index (κ1) is 21.1. The number of likely N-dealkylation sites (N-methyl/N-ethyl adjacent to an activating group) is 1. The number of carbonyl (C=O) groups is 2. The summed E-state index contributed by atoms with van der Waals surface area (Å²) in [5.74, 6) is -0.213. The zero-order valence-corrected chi connectivity index (χ0v) is 17.0. The molecule has 2 aromatic rings. The fourth-order valence-corrected chi connectivity index (χ4v) is 2.96. The second-order valence-corrected chi connectivity index (χ2v) is 7.00. The van der Waals surface area contributed by atoms with Crippen LogP contribution in [0, 0.1) is 6.92 Å². The molecule has 5 nitrogen and oxygen atoms in total. The van der Waals surface area contributed by atoms with Gasteiger partial charge in [0.15, 0.2) is 6.61 Å². The molecule has 2 aromatic carbocycles. The summed E-state index contributed by atoms with van der Waals surface area (Å²) < 4.78 is 5.54. The summed E-state index contributed by atoms with van der Waals surface area (Å²) in [6, 6.07) is 11.9. The zero-order chi connectivity index (χ0) is 20.0. The molecule has 0 bridgehead atoms. The Bertz CT molecular complexity index is 809. The van der Waals surface area contributed by atoms with E-state index in [-0.39, 0.29) is 18.4 Å². The Hall–Kier alpha value is -2.24. The molecule has 2 rings (SSSR count). The smallest absolute Gasteiger partial charge is 0.261 e. The van der Waals surface area contributed by atoms with Gasteiger partial charge in [-0.2, -0.15) is 0 Å². The predicted octanol–water partition coefficient (Wildman–Crippen LogP) is 3.84. The Morgan fingerprint density at radius 3 is 2.41 bits per heavy atom. The third-order valence-electron chi connectivity index (χ3n) is 4.13. The van der Waals surface area contributed by atoms with Crippen LogP contribution in [0.15, 0.2) is 42.5 Å². The summed E-state index contributed by atoms with van der Waals surface area (Å²) in [6.45, 7) is 3.73. The molecular formula is C20H22Cl2N2O3. The van der Waals surface area contributed by atoms with Crippen molar-refractivity contribution in [3.8, 4) is 5.75 Å². The van der Waals surface area contributed by atoms with Crippen molar-refractivity contribution in [2.45, 2.75) is 26.4 Å². The van der Waals surface area contributed by atoms with Gasteiger partial charge in [0.05, 0.1) is 5.02 Å².